The maximum atomic E-state index is 12.2. The van der Waals surface area contributed by atoms with Gasteiger partial charge < -0.3 is 9.88 Å². The first kappa shape index (κ1) is 16.8. The van der Waals surface area contributed by atoms with Crippen LogP contribution in [0.4, 0.5) is 0 Å². The third-order valence-corrected chi connectivity index (χ3v) is 4.23. The van der Waals surface area contributed by atoms with Crippen molar-refractivity contribution < 1.29 is 4.79 Å². The Bertz CT molecular complexity index is 875. The number of carbonyl (C=O) groups excluding carboxylic acids is 1. The number of carbonyl (C=O) groups is 1. The van der Waals surface area contributed by atoms with Crippen LogP contribution in [-0.4, -0.2) is 15.5 Å². The van der Waals surface area contributed by atoms with E-state index in [1.165, 1.54) is 0 Å². The lowest BCUT2D eigenvalue weighted by Gasteiger charge is -2.06. The number of imidazole rings is 1. The monoisotopic (exact) mass is 379 g/mol. The van der Waals surface area contributed by atoms with Crippen LogP contribution in [0, 0.1) is 0 Å². The fraction of sp³-hybridized carbons (Fsp3) is 0.0588. The van der Waals surface area contributed by atoms with Gasteiger partial charge in [-0.2, -0.15) is 0 Å². The lowest BCUT2D eigenvalue weighted by molar-refractivity contribution is 0.0946. The fourth-order valence-electron chi connectivity index (χ4n) is 2.13. The highest BCUT2D eigenvalue weighted by molar-refractivity contribution is 6.35. The molecule has 1 amide bonds. The van der Waals surface area contributed by atoms with Crippen LogP contribution in [0.5, 0.6) is 0 Å². The number of benzene rings is 2. The number of nitrogens with zero attached hydrogens (tertiary/aromatic N) is 2. The van der Waals surface area contributed by atoms with Gasteiger partial charge in [0.2, 0.25) is 0 Å². The minimum atomic E-state index is -0.284. The van der Waals surface area contributed by atoms with Crippen molar-refractivity contribution in [2.45, 2.75) is 6.54 Å². The summed E-state index contributed by atoms with van der Waals surface area (Å²) >= 11 is 17.8. The van der Waals surface area contributed by atoms with E-state index in [0.29, 0.717) is 27.3 Å². The molecule has 0 fully saturated rings. The van der Waals surface area contributed by atoms with Gasteiger partial charge in [-0.1, -0.05) is 40.9 Å². The molecule has 0 aliphatic carbocycles. The molecule has 3 aromatic rings. The average molecular weight is 381 g/mol. The number of hydrogen-bond acceptors (Lipinski definition) is 2. The summed E-state index contributed by atoms with van der Waals surface area (Å²) in [6.45, 7) is 0.294. The second kappa shape index (κ2) is 7.26. The van der Waals surface area contributed by atoms with E-state index in [9.17, 15) is 4.79 Å². The van der Waals surface area contributed by atoms with E-state index < -0.39 is 0 Å². The molecule has 1 heterocycles. The highest BCUT2D eigenvalue weighted by Gasteiger charge is 2.11. The Kier molecular flexibility index (Phi) is 5.09. The van der Waals surface area contributed by atoms with Gasteiger partial charge in [0.25, 0.3) is 5.91 Å². The third-order valence-electron chi connectivity index (χ3n) is 3.39. The topological polar surface area (TPSA) is 46.9 Å². The molecular weight excluding hydrogens is 369 g/mol. The van der Waals surface area contributed by atoms with Crippen molar-refractivity contribution in [3.8, 4) is 5.69 Å². The van der Waals surface area contributed by atoms with E-state index >= 15 is 0 Å². The molecule has 122 valence electrons. The van der Waals surface area contributed by atoms with Gasteiger partial charge in [-0.3, -0.25) is 4.79 Å². The Morgan fingerprint density at radius 2 is 1.75 bits per heavy atom. The van der Waals surface area contributed by atoms with Crippen LogP contribution in [-0.2, 0) is 6.54 Å². The van der Waals surface area contributed by atoms with Crippen LogP contribution in [0.3, 0.4) is 0 Å². The molecule has 1 N–H and O–H groups in total. The van der Waals surface area contributed by atoms with Gasteiger partial charge in [0, 0.05) is 33.5 Å². The smallest absolute Gasteiger partial charge is 0.271 e. The van der Waals surface area contributed by atoms with E-state index in [0.717, 1.165) is 11.3 Å². The zero-order valence-corrected chi connectivity index (χ0v) is 14.6. The average Bonchev–Trinajstić information content (AvgIpc) is 3.04. The largest absolute Gasteiger partial charge is 0.347 e. The summed E-state index contributed by atoms with van der Waals surface area (Å²) in [5, 5.41) is 4.50. The number of amides is 1. The first-order valence-corrected chi connectivity index (χ1v) is 8.18. The Morgan fingerprint density at radius 3 is 2.46 bits per heavy atom. The number of hydrogen-bond donors (Lipinski definition) is 1. The van der Waals surface area contributed by atoms with Crippen molar-refractivity contribution in [2.75, 3.05) is 0 Å². The van der Waals surface area contributed by atoms with Gasteiger partial charge >= 0.3 is 0 Å². The summed E-state index contributed by atoms with van der Waals surface area (Å²) in [5.74, 6) is -0.284. The normalized spacial score (nSPS) is 10.6. The van der Waals surface area contributed by atoms with E-state index in [1.54, 1.807) is 47.4 Å². The molecule has 0 unspecified atom stereocenters. The summed E-state index contributed by atoms with van der Waals surface area (Å²) in [6.07, 6.45) is 3.23. The van der Waals surface area contributed by atoms with E-state index in [4.69, 9.17) is 34.8 Å². The van der Waals surface area contributed by atoms with Gasteiger partial charge in [-0.05, 0) is 42.0 Å². The van der Waals surface area contributed by atoms with Crippen LogP contribution in [0.25, 0.3) is 5.69 Å². The van der Waals surface area contributed by atoms with Crippen molar-refractivity contribution in [3.63, 3.8) is 0 Å². The maximum absolute atomic E-state index is 12.2. The van der Waals surface area contributed by atoms with Crippen LogP contribution in [0.1, 0.15) is 16.1 Å². The Hall–Kier alpha value is -2.01. The molecule has 0 atom stereocenters. The molecule has 0 bridgehead atoms. The van der Waals surface area contributed by atoms with Crippen molar-refractivity contribution in [1.82, 2.24) is 14.9 Å². The van der Waals surface area contributed by atoms with Crippen molar-refractivity contribution in [2.24, 2.45) is 0 Å². The second-order valence-corrected chi connectivity index (χ2v) is 6.34. The van der Waals surface area contributed by atoms with Gasteiger partial charge in [0.05, 0.1) is 0 Å². The number of rotatable bonds is 4. The second-order valence-electron chi connectivity index (χ2n) is 5.06. The number of nitrogens with one attached hydrogen (secondary N) is 1. The van der Waals surface area contributed by atoms with Crippen LogP contribution >= 0.6 is 34.8 Å². The van der Waals surface area contributed by atoms with Gasteiger partial charge in [0.1, 0.15) is 12.0 Å². The quantitative estimate of drug-likeness (QED) is 0.709. The van der Waals surface area contributed by atoms with E-state index in [1.807, 2.05) is 12.1 Å². The fourth-order valence-corrected chi connectivity index (χ4v) is 2.73. The predicted octanol–water partition coefficient (Wildman–Crippen LogP) is 4.76. The molecular formula is C17H12Cl3N3O. The SMILES string of the molecule is O=C(NCc1ccc(Cl)cc1Cl)c1cn(-c2ccc(Cl)cc2)cn1. The molecule has 0 radical (unpaired) electrons. The highest BCUT2D eigenvalue weighted by Crippen LogP contribution is 2.21. The molecule has 0 aliphatic heterocycles. The molecule has 1 aromatic heterocycles. The Labute approximate surface area is 154 Å². The molecule has 2 aromatic carbocycles. The summed E-state index contributed by atoms with van der Waals surface area (Å²) in [4.78, 5) is 16.3. The Morgan fingerprint density at radius 1 is 1.04 bits per heavy atom. The predicted molar refractivity (Wildman–Crippen MR) is 96.2 cm³/mol. The first-order chi connectivity index (χ1) is 11.5. The van der Waals surface area contributed by atoms with Crippen LogP contribution in [0.15, 0.2) is 55.0 Å². The lowest BCUT2D eigenvalue weighted by atomic mass is 10.2. The summed E-state index contributed by atoms with van der Waals surface area (Å²) < 4.78 is 1.75. The molecule has 0 aliphatic rings. The summed E-state index contributed by atoms with van der Waals surface area (Å²) in [7, 11) is 0. The highest BCUT2D eigenvalue weighted by atomic mass is 35.5. The zero-order valence-electron chi connectivity index (χ0n) is 12.3. The molecule has 0 saturated carbocycles. The molecule has 3 rings (SSSR count). The molecule has 0 spiro atoms. The van der Waals surface area contributed by atoms with Gasteiger partial charge in [-0.15, -0.1) is 0 Å². The molecule has 0 saturated heterocycles. The summed E-state index contributed by atoms with van der Waals surface area (Å²) in [6, 6.07) is 12.4. The number of halogens is 3. The Balaban J connectivity index is 1.68. The molecule has 4 nitrogen and oxygen atoms in total. The first-order valence-electron chi connectivity index (χ1n) is 7.05. The lowest BCUT2D eigenvalue weighted by Crippen LogP contribution is -2.23. The number of aromatic nitrogens is 2. The van der Waals surface area contributed by atoms with E-state index in [2.05, 4.69) is 10.3 Å². The maximum Gasteiger partial charge on any atom is 0.271 e. The summed E-state index contributed by atoms with van der Waals surface area (Å²) in [5.41, 5.74) is 1.97. The standard InChI is InChI=1S/C17H12Cl3N3O/c18-12-3-5-14(6-4-12)23-9-16(22-10-23)17(24)21-8-11-1-2-13(19)7-15(11)20/h1-7,9-10H,8H2,(H,21,24). The minimum Gasteiger partial charge on any atom is -0.347 e. The van der Waals surface area contributed by atoms with Gasteiger partial charge in [0.15, 0.2) is 0 Å². The van der Waals surface area contributed by atoms with Crippen molar-refractivity contribution >= 4 is 40.7 Å². The van der Waals surface area contributed by atoms with E-state index in [-0.39, 0.29) is 5.91 Å². The molecule has 24 heavy (non-hydrogen) atoms. The van der Waals surface area contributed by atoms with Crippen LogP contribution < -0.4 is 5.32 Å². The van der Waals surface area contributed by atoms with Gasteiger partial charge in [-0.25, -0.2) is 4.98 Å². The zero-order chi connectivity index (χ0) is 17.1. The van der Waals surface area contributed by atoms with Crippen molar-refractivity contribution in [1.29, 1.82) is 0 Å². The minimum absolute atomic E-state index is 0.284. The third kappa shape index (κ3) is 3.90. The van der Waals surface area contributed by atoms with Crippen LogP contribution in [0.2, 0.25) is 15.1 Å². The molecule has 7 heteroatoms. The van der Waals surface area contributed by atoms with Crippen molar-refractivity contribution in [3.05, 3.63) is 81.3 Å².